The van der Waals surface area contributed by atoms with Gasteiger partial charge in [-0.15, -0.1) is 0 Å². The first-order valence-electron chi connectivity index (χ1n) is 5.48. The lowest BCUT2D eigenvalue weighted by Crippen LogP contribution is -2.30. The molecule has 0 saturated heterocycles. The Morgan fingerprint density at radius 1 is 1.25 bits per heavy atom. The lowest BCUT2D eigenvalue weighted by molar-refractivity contribution is 0.174. The zero-order valence-electron chi connectivity index (χ0n) is 9.53. The summed E-state index contributed by atoms with van der Waals surface area (Å²) in [7, 11) is 0. The summed E-state index contributed by atoms with van der Waals surface area (Å²) in [4.78, 5) is 2.13. The average Bonchev–Trinajstić information content (AvgIpc) is 2.30. The van der Waals surface area contributed by atoms with Crippen molar-refractivity contribution in [1.82, 2.24) is 4.90 Å². The van der Waals surface area contributed by atoms with Crippen molar-refractivity contribution in [3.8, 4) is 5.75 Å². The Morgan fingerprint density at radius 2 is 1.94 bits per heavy atom. The van der Waals surface area contributed by atoms with Crippen LogP contribution < -0.4 is 4.74 Å². The maximum Gasteiger partial charge on any atom is 0.119 e. The van der Waals surface area contributed by atoms with E-state index in [9.17, 15) is 0 Å². The maximum absolute atomic E-state index is 8.82. The van der Waals surface area contributed by atoms with Gasteiger partial charge < -0.3 is 9.84 Å². The molecule has 0 aromatic heterocycles. The molecular formula is C12H18ClNO2. The summed E-state index contributed by atoms with van der Waals surface area (Å²) in [5.41, 5.74) is 0. The van der Waals surface area contributed by atoms with Crippen molar-refractivity contribution in [2.24, 2.45) is 0 Å². The fourth-order valence-corrected chi connectivity index (χ4v) is 1.52. The van der Waals surface area contributed by atoms with E-state index < -0.39 is 0 Å². The van der Waals surface area contributed by atoms with Gasteiger partial charge in [-0.2, -0.15) is 0 Å². The molecule has 0 unspecified atom stereocenters. The van der Waals surface area contributed by atoms with Gasteiger partial charge in [0.1, 0.15) is 12.4 Å². The molecule has 16 heavy (non-hydrogen) atoms. The molecular weight excluding hydrogens is 226 g/mol. The molecule has 1 N–H and O–H groups in total. The van der Waals surface area contributed by atoms with Gasteiger partial charge in [0.05, 0.1) is 6.61 Å². The second-order valence-electron chi connectivity index (χ2n) is 3.46. The molecule has 0 atom stereocenters. The first kappa shape index (κ1) is 13.3. The predicted octanol–water partition coefficient (Wildman–Crippen LogP) is 2.03. The van der Waals surface area contributed by atoms with Gasteiger partial charge in [-0.1, -0.05) is 18.5 Å². The van der Waals surface area contributed by atoms with E-state index in [4.69, 9.17) is 21.4 Å². The van der Waals surface area contributed by atoms with Gasteiger partial charge in [0.15, 0.2) is 0 Å². The fourth-order valence-electron chi connectivity index (χ4n) is 1.39. The van der Waals surface area contributed by atoms with Crippen LogP contribution in [0.4, 0.5) is 0 Å². The van der Waals surface area contributed by atoms with Gasteiger partial charge in [0.25, 0.3) is 0 Å². The highest BCUT2D eigenvalue weighted by Crippen LogP contribution is 2.15. The molecule has 0 aliphatic rings. The van der Waals surface area contributed by atoms with Crippen molar-refractivity contribution in [3.63, 3.8) is 0 Å². The standard InChI is InChI=1S/C12H18ClNO2/c1-2-14(7-9-15)8-10-16-12-5-3-11(13)4-6-12/h3-6,15H,2,7-10H2,1H3. The number of aliphatic hydroxyl groups is 1. The highest BCUT2D eigenvalue weighted by molar-refractivity contribution is 6.30. The minimum atomic E-state index is 0.189. The summed E-state index contributed by atoms with van der Waals surface area (Å²) in [6, 6.07) is 7.32. The number of hydrogen-bond donors (Lipinski definition) is 1. The van der Waals surface area contributed by atoms with Crippen molar-refractivity contribution >= 4 is 11.6 Å². The summed E-state index contributed by atoms with van der Waals surface area (Å²) in [6.07, 6.45) is 0. The molecule has 0 bridgehead atoms. The molecule has 0 saturated carbocycles. The minimum Gasteiger partial charge on any atom is -0.492 e. The molecule has 1 aromatic rings. The molecule has 0 aliphatic heterocycles. The molecule has 3 nitrogen and oxygen atoms in total. The Labute approximate surface area is 102 Å². The molecule has 0 spiro atoms. The zero-order chi connectivity index (χ0) is 11.8. The van der Waals surface area contributed by atoms with Crippen LogP contribution in [-0.2, 0) is 0 Å². The third-order valence-corrected chi connectivity index (χ3v) is 2.61. The number of aliphatic hydroxyl groups excluding tert-OH is 1. The summed E-state index contributed by atoms with van der Waals surface area (Å²) >= 11 is 5.77. The summed E-state index contributed by atoms with van der Waals surface area (Å²) in [5, 5.41) is 9.53. The summed E-state index contributed by atoms with van der Waals surface area (Å²) < 4.78 is 5.56. The third kappa shape index (κ3) is 4.84. The molecule has 0 heterocycles. The van der Waals surface area contributed by atoms with E-state index in [0.29, 0.717) is 18.2 Å². The van der Waals surface area contributed by atoms with E-state index in [-0.39, 0.29) is 6.61 Å². The number of ether oxygens (including phenoxy) is 1. The fraction of sp³-hybridized carbons (Fsp3) is 0.500. The van der Waals surface area contributed by atoms with Gasteiger partial charge in [-0.05, 0) is 30.8 Å². The van der Waals surface area contributed by atoms with Gasteiger partial charge in [-0.3, -0.25) is 4.90 Å². The van der Waals surface area contributed by atoms with Crippen LogP contribution in [0.15, 0.2) is 24.3 Å². The second kappa shape index (κ2) is 7.49. The van der Waals surface area contributed by atoms with Crippen molar-refractivity contribution in [2.75, 3.05) is 32.8 Å². The average molecular weight is 244 g/mol. The molecule has 0 amide bonds. The quantitative estimate of drug-likeness (QED) is 0.796. The van der Waals surface area contributed by atoms with E-state index >= 15 is 0 Å². The van der Waals surface area contributed by atoms with Gasteiger partial charge in [0.2, 0.25) is 0 Å². The second-order valence-corrected chi connectivity index (χ2v) is 3.90. The van der Waals surface area contributed by atoms with Gasteiger partial charge in [0, 0.05) is 18.1 Å². The van der Waals surface area contributed by atoms with E-state index in [1.54, 1.807) is 0 Å². The van der Waals surface area contributed by atoms with Crippen molar-refractivity contribution in [3.05, 3.63) is 29.3 Å². The first-order valence-corrected chi connectivity index (χ1v) is 5.85. The van der Waals surface area contributed by atoms with E-state index in [1.807, 2.05) is 24.3 Å². The maximum atomic E-state index is 8.82. The molecule has 1 aromatic carbocycles. The third-order valence-electron chi connectivity index (χ3n) is 2.35. The van der Waals surface area contributed by atoms with Gasteiger partial charge >= 0.3 is 0 Å². The first-order chi connectivity index (χ1) is 7.76. The van der Waals surface area contributed by atoms with Crippen LogP contribution in [0.25, 0.3) is 0 Å². The minimum absolute atomic E-state index is 0.189. The Kier molecular flexibility index (Phi) is 6.23. The van der Waals surface area contributed by atoms with Crippen LogP contribution in [-0.4, -0.2) is 42.9 Å². The largest absolute Gasteiger partial charge is 0.492 e. The molecule has 1 rings (SSSR count). The van der Waals surface area contributed by atoms with Crippen LogP contribution in [0, 0.1) is 0 Å². The van der Waals surface area contributed by atoms with Crippen molar-refractivity contribution < 1.29 is 9.84 Å². The SMILES string of the molecule is CCN(CCO)CCOc1ccc(Cl)cc1. The topological polar surface area (TPSA) is 32.7 Å². The Hall–Kier alpha value is -0.770. The Morgan fingerprint density at radius 3 is 2.50 bits per heavy atom. The van der Waals surface area contributed by atoms with E-state index in [0.717, 1.165) is 18.8 Å². The van der Waals surface area contributed by atoms with Gasteiger partial charge in [-0.25, -0.2) is 0 Å². The molecule has 0 fully saturated rings. The van der Waals surface area contributed by atoms with Crippen LogP contribution >= 0.6 is 11.6 Å². The van der Waals surface area contributed by atoms with Crippen LogP contribution in [0.2, 0.25) is 5.02 Å². The molecule has 0 radical (unpaired) electrons. The van der Waals surface area contributed by atoms with E-state index in [1.165, 1.54) is 0 Å². The molecule has 0 aliphatic carbocycles. The summed E-state index contributed by atoms with van der Waals surface area (Å²) in [5.74, 6) is 0.824. The van der Waals surface area contributed by atoms with Crippen LogP contribution in [0.1, 0.15) is 6.92 Å². The van der Waals surface area contributed by atoms with Crippen molar-refractivity contribution in [2.45, 2.75) is 6.92 Å². The number of halogens is 1. The number of likely N-dealkylation sites (N-methyl/N-ethyl adjacent to an activating group) is 1. The van der Waals surface area contributed by atoms with Crippen molar-refractivity contribution in [1.29, 1.82) is 0 Å². The monoisotopic (exact) mass is 243 g/mol. The number of rotatable bonds is 7. The molecule has 4 heteroatoms. The number of nitrogens with zero attached hydrogens (tertiary/aromatic N) is 1. The highest BCUT2D eigenvalue weighted by atomic mass is 35.5. The zero-order valence-corrected chi connectivity index (χ0v) is 10.3. The normalized spacial score (nSPS) is 10.8. The highest BCUT2D eigenvalue weighted by Gasteiger charge is 2.01. The number of hydrogen-bond acceptors (Lipinski definition) is 3. The van der Waals surface area contributed by atoms with Crippen LogP contribution in [0.3, 0.4) is 0 Å². The number of benzene rings is 1. The lowest BCUT2D eigenvalue weighted by Gasteiger charge is -2.18. The Bertz CT molecular complexity index is 290. The smallest absolute Gasteiger partial charge is 0.119 e. The summed E-state index contributed by atoms with van der Waals surface area (Å²) in [6.45, 7) is 5.31. The predicted molar refractivity (Wildman–Crippen MR) is 66.1 cm³/mol. The van der Waals surface area contributed by atoms with Crippen LogP contribution in [0.5, 0.6) is 5.75 Å². The Balaban J connectivity index is 2.26. The lowest BCUT2D eigenvalue weighted by atomic mass is 10.3. The van der Waals surface area contributed by atoms with E-state index in [2.05, 4.69) is 11.8 Å². The molecule has 90 valence electrons.